The maximum absolute atomic E-state index is 5.61. The van der Waals surface area contributed by atoms with E-state index in [1.165, 1.54) is 5.56 Å². The number of nitrogens with one attached hydrogen (secondary N) is 1. The van der Waals surface area contributed by atoms with Crippen LogP contribution in [0, 0.1) is 6.92 Å². The minimum absolute atomic E-state index is 0.284. The number of nitrogens with zero attached hydrogens (tertiary/aromatic N) is 1. The third-order valence-corrected chi connectivity index (χ3v) is 4.11. The lowest BCUT2D eigenvalue weighted by Gasteiger charge is -2.19. The summed E-state index contributed by atoms with van der Waals surface area (Å²) in [4.78, 5) is 4.59. The number of rotatable bonds is 8. The minimum atomic E-state index is 0.284. The predicted molar refractivity (Wildman–Crippen MR) is 89.2 cm³/mol. The van der Waals surface area contributed by atoms with Crippen molar-refractivity contribution in [3.63, 3.8) is 0 Å². The Balaban J connectivity index is 2.16. The highest BCUT2D eigenvalue weighted by molar-refractivity contribution is 7.09. The first-order chi connectivity index (χ1) is 10.2. The molecule has 3 nitrogen and oxygen atoms in total. The van der Waals surface area contributed by atoms with Crippen molar-refractivity contribution < 1.29 is 4.74 Å². The van der Waals surface area contributed by atoms with Gasteiger partial charge < -0.3 is 10.1 Å². The van der Waals surface area contributed by atoms with Gasteiger partial charge in [0.2, 0.25) is 0 Å². The van der Waals surface area contributed by atoms with Crippen LogP contribution in [0.5, 0.6) is 5.75 Å². The molecule has 1 atom stereocenters. The number of ether oxygens (including phenoxy) is 1. The lowest BCUT2D eigenvalue weighted by atomic mass is 10.0. The van der Waals surface area contributed by atoms with Crippen molar-refractivity contribution in [1.82, 2.24) is 10.3 Å². The van der Waals surface area contributed by atoms with Crippen LogP contribution in [0.1, 0.15) is 42.6 Å². The molecule has 1 aromatic heterocycles. The molecule has 0 saturated heterocycles. The largest absolute Gasteiger partial charge is 0.494 e. The molecule has 0 bridgehead atoms. The molecule has 21 heavy (non-hydrogen) atoms. The van der Waals surface area contributed by atoms with Gasteiger partial charge in [-0.15, -0.1) is 11.3 Å². The van der Waals surface area contributed by atoms with Gasteiger partial charge in [-0.3, -0.25) is 0 Å². The highest BCUT2D eigenvalue weighted by Crippen LogP contribution is 2.23. The third-order valence-electron chi connectivity index (χ3n) is 3.29. The molecule has 0 aliphatic rings. The molecular formula is C17H24N2OS. The van der Waals surface area contributed by atoms with Gasteiger partial charge in [0.05, 0.1) is 17.3 Å². The average molecular weight is 304 g/mol. The van der Waals surface area contributed by atoms with Gasteiger partial charge >= 0.3 is 0 Å². The summed E-state index contributed by atoms with van der Waals surface area (Å²) in [7, 11) is 0. The molecule has 0 fully saturated rings. The van der Waals surface area contributed by atoms with Gasteiger partial charge in [-0.1, -0.05) is 19.1 Å². The average Bonchev–Trinajstić information content (AvgIpc) is 2.89. The first-order valence-electron chi connectivity index (χ1n) is 7.60. The summed E-state index contributed by atoms with van der Waals surface area (Å²) in [5, 5.41) is 6.90. The Bertz CT molecular complexity index is 553. The molecule has 0 spiro atoms. The van der Waals surface area contributed by atoms with E-state index in [2.05, 4.69) is 47.7 Å². The molecule has 114 valence electrons. The fourth-order valence-electron chi connectivity index (χ4n) is 2.33. The highest BCUT2D eigenvalue weighted by Gasteiger charge is 2.14. The topological polar surface area (TPSA) is 34.2 Å². The van der Waals surface area contributed by atoms with Crippen molar-refractivity contribution in [2.45, 2.75) is 39.7 Å². The predicted octanol–water partition coefficient (Wildman–Crippen LogP) is 4.13. The molecule has 1 heterocycles. The Morgan fingerprint density at radius 1 is 1.33 bits per heavy atom. The van der Waals surface area contributed by atoms with E-state index >= 15 is 0 Å². The van der Waals surface area contributed by atoms with Crippen LogP contribution in [0.4, 0.5) is 0 Å². The van der Waals surface area contributed by atoms with Crippen LogP contribution in [0.25, 0.3) is 0 Å². The number of hydrogen-bond acceptors (Lipinski definition) is 4. The molecule has 0 aliphatic carbocycles. The van der Waals surface area contributed by atoms with Crippen LogP contribution < -0.4 is 10.1 Å². The molecule has 0 saturated carbocycles. The van der Waals surface area contributed by atoms with Crippen LogP contribution in [0.3, 0.4) is 0 Å². The number of benzene rings is 1. The van der Waals surface area contributed by atoms with E-state index in [1.807, 2.05) is 13.0 Å². The number of aryl methyl sites for hydroxylation is 1. The van der Waals surface area contributed by atoms with E-state index in [0.717, 1.165) is 35.8 Å². The van der Waals surface area contributed by atoms with Gasteiger partial charge in [-0.2, -0.15) is 0 Å². The maximum Gasteiger partial charge on any atom is 0.119 e. The quantitative estimate of drug-likeness (QED) is 0.796. The summed E-state index contributed by atoms with van der Waals surface area (Å²) in [6.07, 6.45) is 2.04. The van der Waals surface area contributed by atoms with E-state index in [4.69, 9.17) is 4.74 Å². The number of hydrogen-bond donors (Lipinski definition) is 1. The Kier molecular flexibility index (Phi) is 6.21. The van der Waals surface area contributed by atoms with Gasteiger partial charge in [0.15, 0.2) is 0 Å². The zero-order valence-electron chi connectivity index (χ0n) is 13.1. The van der Waals surface area contributed by atoms with E-state index in [1.54, 1.807) is 11.3 Å². The van der Waals surface area contributed by atoms with Crippen molar-refractivity contribution in [3.05, 3.63) is 45.9 Å². The normalized spacial score (nSPS) is 12.3. The molecule has 0 aliphatic heterocycles. The minimum Gasteiger partial charge on any atom is -0.494 e. The van der Waals surface area contributed by atoms with Crippen LogP contribution in [-0.4, -0.2) is 18.1 Å². The van der Waals surface area contributed by atoms with Crippen LogP contribution in [-0.2, 0) is 6.42 Å². The Hall–Kier alpha value is -1.39. The molecule has 2 rings (SSSR count). The van der Waals surface area contributed by atoms with Gasteiger partial charge in [0.25, 0.3) is 0 Å². The summed E-state index contributed by atoms with van der Waals surface area (Å²) in [6.45, 7) is 7.96. The summed E-state index contributed by atoms with van der Waals surface area (Å²) in [5.41, 5.74) is 2.42. The monoisotopic (exact) mass is 304 g/mol. The van der Waals surface area contributed by atoms with Crippen LogP contribution in [0.15, 0.2) is 29.6 Å². The lowest BCUT2D eigenvalue weighted by molar-refractivity contribution is 0.339. The van der Waals surface area contributed by atoms with E-state index < -0.39 is 0 Å². The van der Waals surface area contributed by atoms with Crippen molar-refractivity contribution in [3.8, 4) is 5.75 Å². The zero-order valence-corrected chi connectivity index (χ0v) is 13.9. The third kappa shape index (κ3) is 4.83. The second kappa shape index (κ2) is 8.15. The van der Waals surface area contributed by atoms with Gasteiger partial charge in [0.1, 0.15) is 5.75 Å². The SMILES string of the molecule is CCCNC(Cc1csc(C)n1)c1cccc(OCC)c1. The summed E-state index contributed by atoms with van der Waals surface area (Å²) in [5.74, 6) is 0.938. The Morgan fingerprint density at radius 2 is 2.19 bits per heavy atom. The molecule has 4 heteroatoms. The molecule has 0 amide bonds. The standard InChI is InChI=1S/C17H24N2OS/c1-4-9-18-17(11-15-12-21-13(3)19-15)14-7-6-8-16(10-14)20-5-2/h6-8,10,12,17-18H,4-5,9,11H2,1-3H3. The Labute approximate surface area is 131 Å². The fourth-order valence-corrected chi connectivity index (χ4v) is 2.95. The van der Waals surface area contributed by atoms with Crippen molar-refractivity contribution >= 4 is 11.3 Å². The number of aromatic nitrogens is 1. The lowest BCUT2D eigenvalue weighted by Crippen LogP contribution is -2.24. The Morgan fingerprint density at radius 3 is 2.86 bits per heavy atom. The smallest absolute Gasteiger partial charge is 0.119 e. The molecule has 1 unspecified atom stereocenters. The second-order valence-corrected chi connectivity index (χ2v) is 6.14. The van der Waals surface area contributed by atoms with Crippen molar-refractivity contribution in [2.24, 2.45) is 0 Å². The second-order valence-electron chi connectivity index (χ2n) is 5.07. The number of thiazole rings is 1. The summed E-state index contributed by atoms with van der Waals surface area (Å²) in [6, 6.07) is 8.65. The molecule has 1 N–H and O–H groups in total. The fraction of sp³-hybridized carbons (Fsp3) is 0.471. The first kappa shape index (κ1) is 16.0. The summed E-state index contributed by atoms with van der Waals surface area (Å²) < 4.78 is 5.61. The highest BCUT2D eigenvalue weighted by atomic mass is 32.1. The van der Waals surface area contributed by atoms with E-state index in [0.29, 0.717) is 6.61 Å². The van der Waals surface area contributed by atoms with Gasteiger partial charge in [-0.05, 0) is 44.5 Å². The molecule has 2 aromatic rings. The molecular weight excluding hydrogens is 280 g/mol. The zero-order chi connectivity index (χ0) is 15.1. The van der Waals surface area contributed by atoms with Crippen LogP contribution in [0.2, 0.25) is 0 Å². The molecule has 0 radical (unpaired) electrons. The van der Waals surface area contributed by atoms with Gasteiger partial charge in [0, 0.05) is 17.8 Å². The molecule has 1 aromatic carbocycles. The van der Waals surface area contributed by atoms with E-state index in [-0.39, 0.29) is 6.04 Å². The maximum atomic E-state index is 5.61. The van der Waals surface area contributed by atoms with E-state index in [9.17, 15) is 0 Å². The summed E-state index contributed by atoms with van der Waals surface area (Å²) >= 11 is 1.71. The van der Waals surface area contributed by atoms with Crippen LogP contribution >= 0.6 is 11.3 Å². The van der Waals surface area contributed by atoms with Gasteiger partial charge in [-0.25, -0.2) is 4.98 Å². The van der Waals surface area contributed by atoms with Crippen molar-refractivity contribution in [1.29, 1.82) is 0 Å². The van der Waals surface area contributed by atoms with Crippen molar-refractivity contribution in [2.75, 3.05) is 13.2 Å². The first-order valence-corrected chi connectivity index (χ1v) is 8.48.